The van der Waals surface area contributed by atoms with Crippen LogP contribution in [-0.2, 0) is 4.79 Å². The Morgan fingerprint density at radius 1 is 1.47 bits per heavy atom. The first-order valence-corrected chi connectivity index (χ1v) is 5.81. The maximum atomic E-state index is 11.1. The van der Waals surface area contributed by atoms with Gasteiger partial charge in [-0.25, -0.2) is 0 Å². The summed E-state index contributed by atoms with van der Waals surface area (Å²) in [7, 11) is 0. The van der Waals surface area contributed by atoms with Crippen molar-refractivity contribution in [3.8, 4) is 11.5 Å². The molecule has 17 heavy (non-hydrogen) atoms. The van der Waals surface area contributed by atoms with Crippen LogP contribution in [0.1, 0.15) is 19.3 Å². The van der Waals surface area contributed by atoms with Gasteiger partial charge in [0.25, 0.3) is 0 Å². The Morgan fingerprint density at radius 3 is 2.76 bits per heavy atom. The molecule has 0 amide bonds. The molecule has 92 valence electrons. The fraction of sp³-hybridized carbons (Fsp3) is 0.462. The number of aromatic hydroxyl groups is 1. The van der Waals surface area contributed by atoms with Crippen LogP contribution >= 0.6 is 0 Å². The maximum absolute atomic E-state index is 11.1. The van der Waals surface area contributed by atoms with Crippen LogP contribution < -0.4 is 4.74 Å². The topological polar surface area (TPSA) is 66.8 Å². The lowest BCUT2D eigenvalue weighted by Crippen LogP contribution is -2.33. The predicted octanol–water partition coefficient (Wildman–Crippen LogP) is 2.27. The Balaban J connectivity index is 1.92. The second-order valence-electron chi connectivity index (χ2n) is 4.44. The molecule has 0 saturated heterocycles. The molecule has 2 N–H and O–H groups in total. The summed E-state index contributed by atoms with van der Waals surface area (Å²) in [5, 5.41) is 18.4. The molecule has 1 aromatic carbocycles. The van der Waals surface area contributed by atoms with Crippen molar-refractivity contribution in [2.75, 3.05) is 6.61 Å². The molecule has 2 rings (SSSR count). The third kappa shape index (κ3) is 2.90. The van der Waals surface area contributed by atoms with E-state index in [0.717, 1.165) is 19.3 Å². The molecule has 4 nitrogen and oxygen atoms in total. The van der Waals surface area contributed by atoms with Gasteiger partial charge < -0.3 is 14.9 Å². The maximum Gasteiger partial charge on any atom is 0.310 e. The van der Waals surface area contributed by atoms with Gasteiger partial charge >= 0.3 is 5.97 Å². The number of phenolic OH excluding ortho intramolecular Hbond substituents is 1. The number of aliphatic carboxylic acids is 1. The molecule has 0 spiro atoms. The van der Waals surface area contributed by atoms with Crippen molar-refractivity contribution in [1.82, 2.24) is 0 Å². The zero-order valence-corrected chi connectivity index (χ0v) is 9.50. The highest BCUT2D eigenvalue weighted by Gasteiger charge is 2.33. The number of rotatable bonds is 5. The first-order valence-electron chi connectivity index (χ1n) is 5.81. The monoisotopic (exact) mass is 236 g/mol. The Morgan fingerprint density at radius 2 is 2.24 bits per heavy atom. The minimum Gasteiger partial charge on any atom is -0.508 e. The molecule has 0 aliphatic heterocycles. The van der Waals surface area contributed by atoms with Crippen molar-refractivity contribution >= 4 is 5.97 Å². The highest BCUT2D eigenvalue weighted by atomic mass is 16.5. The molecule has 1 atom stereocenters. The number of hydrogen-bond donors (Lipinski definition) is 2. The van der Waals surface area contributed by atoms with Gasteiger partial charge in [0.1, 0.15) is 18.1 Å². The lowest BCUT2D eigenvalue weighted by Gasteiger charge is -2.30. The average Bonchev–Trinajstić information content (AvgIpc) is 2.21. The summed E-state index contributed by atoms with van der Waals surface area (Å²) in [4.78, 5) is 11.1. The van der Waals surface area contributed by atoms with Crippen molar-refractivity contribution in [1.29, 1.82) is 0 Å². The van der Waals surface area contributed by atoms with Crippen molar-refractivity contribution in [3.05, 3.63) is 24.3 Å². The second kappa shape index (κ2) is 5.08. The number of carboxylic acid groups (broad SMARTS) is 1. The fourth-order valence-corrected chi connectivity index (χ4v) is 2.01. The highest BCUT2D eigenvalue weighted by molar-refractivity contribution is 5.70. The molecule has 0 aromatic heterocycles. The van der Waals surface area contributed by atoms with Gasteiger partial charge in [0.05, 0.1) is 5.92 Å². The average molecular weight is 236 g/mol. The summed E-state index contributed by atoms with van der Waals surface area (Å²) in [5.74, 6) is -0.362. The van der Waals surface area contributed by atoms with E-state index in [0.29, 0.717) is 5.75 Å². The molecule has 1 aromatic rings. The van der Waals surface area contributed by atoms with Crippen LogP contribution in [0.15, 0.2) is 24.3 Å². The largest absolute Gasteiger partial charge is 0.508 e. The zero-order valence-electron chi connectivity index (χ0n) is 9.50. The molecule has 1 aliphatic carbocycles. The van der Waals surface area contributed by atoms with Crippen molar-refractivity contribution in [2.24, 2.45) is 11.8 Å². The van der Waals surface area contributed by atoms with E-state index in [2.05, 4.69) is 0 Å². The van der Waals surface area contributed by atoms with E-state index in [-0.39, 0.29) is 18.3 Å². The molecule has 4 heteroatoms. The summed E-state index contributed by atoms with van der Waals surface area (Å²) in [6.45, 7) is 0.170. The highest BCUT2D eigenvalue weighted by Crippen LogP contribution is 2.34. The number of carbonyl (C=O) groups is 1. The van der Waals surface area contributed by atoms with Gasteiger partial charge in [-0.15, -0.1) is 0 Å². The molecule has 0 bridgehead atoms. The van der Waals surface area contributed by atoms with E-state index in [1.165, 1.54) is 6.07 Å². The summed E-state index contributed by atoms with van der Waals surface area (Å²) >= 11 is 0. The summed E-state index contributed by atoms with van der Waals surface area (Å²) in [6, 6.07) is 6.41. The minimum absolute atomic E-state index is 0.123. The SMILES string of the molecule is O=C(O)C(COc1cccc(O)c1)C1CCC1. The summed E-state index contributed by atoms with van der Waals surface area (Å²) in [6.07, 6.45) is 3.06. The van der Waals surface area contributed by atoms with Crippen LogP contribution in [0.25, 0.3) is 0 Å². The molecule has 1 fully saturated rings. The van der Waals surface area contributed by atoms with E-state index >= 15 is 0 Å². The van der Waals surface area contributed by atoms with Crippen LogP contribution in [-0.4, -0.2) is 22.8 Å². The van der Waals surface area contributed by atoms with Crippen LogP contribution in [0.4, 0.5) is 0 Å². The lowest BCUT2D eigenvalue weighted by molar-refractivity contribution is -0.146. The smallest absolute Gasteiger partial charge is 0.310 e. The molecule has 0 radical (unpaired) electrons. The molecule has 1 saturated carbocycles. The molecule has 1 unspecified atom stereocenters. The van der Waals surface area contributed by atoms with Crippen molar-refractivity contribution in [3.63, 3.8) is 0 Å². The van der Waals surface area contributed by atoms with Gasteiger partial charge in [-0.1, -0.05) is 12.5 Å². The van der Waals surface area contributed by atoms with E-state index in [1.54, 1.807) is 18.2 Å². The molecule has 1 aliphatic rings. The Labute approximate surface area is 99.8 Å². The standard InChI is InChI=1S/C13H16O4/c14-10-5-2-6-11(7-10)17-8-12(13(15)16)9-3-1-4-9/h2,5-7,9,12,14H,1,3-4,8H2,(H,15,16). The van der Waals surface area contributed by atoms with Crippen LogP contribution in [0, 0.1) is 11.8 Å². The van der Waals surface area contributed by atoms with Crippen LogP contribution in [0.2, 0.25) is 0 Å². The molecular formula is C13H16O4. The summed E-state index contributed by atoms with van der Waals surface area (Å²) < 4.78 is 5.43. The van der Waals surface area contributed by atoms with Gasteiger partial charge in [0, 0.05) is 6.07 Å². The zero-order chi connectivity index (χ0) is 12.3. The van der Waals surface area contributed by atoms with Crippen LogP contribution in [0.5, 0.6) is 11.5 Å². The van der Waals surface area contributed by atoms with Gasteiger partial charge in [-0.3, -0.25) is 4.79 Å². The fourth-order valence-electron chi connectivity index (χ4n) is 2.01. The first-order chi connectivity index (χ1) is 8.16. The van der Waals surface area contributed by atoms with Crippen molar-refractivity contribution < 1.29 is 19.7 Å². The normalized spacial score (nSPS) is 17.2. The third-order valence-electron chi connectivity index (χ3n) is 3.28. The Kier molecular flexibility index (Phi) is 3.52. The Hall–Kier alpha value is -1.71. The number of phenols is 1. The first kappa shape index (κ1) is 11.8. The second-order valence-corrected chi connectivity index (χ2v) is 4.44. The van der Waals surface area contributed by atoms with E-state index in [9.17, 15) is 9.90 Å². The number of carboxylic acids is 1. The van der Waals surface area contributed by atoms with Gasteiger partial charge in [-0.05, 0) is 30.9 Å². The van der Waals surface area contributed by atoms with Gasteiger partial charge in [0.15, 0.2) is 0 Å². The number of ether oxygens (including phenoxy) is 1. The van der Waals surface area contributed by atoms with Crippen molar-refractivity contribution in [2.45, 2.75) is 19.3 Å². The Bertz CT molecular complexity index is 398. The number of hydrogen-bond acceptors (Lipinski definition) is 3. The minimum atomic E-state index is -0.796. The molecule has 0 heterocycles. The third-order valence-corrected chi connectivity index (χ3v) is 3.28. The van der Waals surface area contributed by atoms with E-state index in [1.807, 2.05) is 0 Å². The van der Waals surface area contributed by atoms with Gasteiger partial charge in [-0.2, -0.15) is 0 Å². The van der Waals surface area contributed by atoms with Crippen LogP contribution in [0.3, 0.4) is 0 Å². The number of benzene rings is 1. The van der Waals surface area contributed by atoms with Gasteiger partial charge in [0.2, 0.25) is 0 Å². The summed E-state index contributed by atoms with van der Waals surface area (Å²) in [5.41, 5.74) is 0. The lowest BCUT2D eigenvalue weighted by atomic mass is 9.76. The van der Waals surface area contributed by atoms with E-state index < -0.39 is 11.9 Å². The predicted molar refractivity (Wildman–Crippen MR) is 62.1 cm³/mol. The van der Waals surface area contributed by atoms with E-state index in [4.69, 9.17) is 9.84 Å². The quantitative estimate of drug-likeness (QED) is 0.823. The molecular weight excluding hydrogens is 220 g/mol.